The highest BCUT2D eigenvalue weighted by Crippen LogP contribution is 2.19. The molecule has 0 fully saturated rings. The van der Waals surface area contributed by atoms with Gasteiger partial charge in [0.1, 0.15) is 0 Å². The third-order valence-corrected chi connectivity index (χ3v) is 2.00. The van der Waals surface area contributed by atoms with Crippen LogP contribution >= 0.6 is 0 Å². The Labute approximate surface area is 100 Å². The van der Waals surface area contributed by atoms with E-state index in [1.807, 2.05) is 25.1 Å². The molecule has 0 saturated carbocycles. The van der Waals surface area contributed by atoms with Crippen molar-refractivity contribution < 1.29 is 33.3 Å². The molecule has 0 aliphatic rings. The molecule has 0 N–H and O–H groups in total. The van der Waals surface area contributed by atoms with Gasteiger partial charge in [0.15, 0.2) is 0 Å². The summed E-state index contributed by atoms with van der Waals surface area (Å²) >= 11 is 0. The molecule has 0 radical (unpaired) electrons. The molecule has 2 aromatic rings. The van der Waals surface area contributed by atoms with Crippen LogP contribution in [0.3, 0.4) is 0 Å². The van der Waals surface area contributed by atoms with E-state index in [9.17, 15) is 0 Å². The molecule has 1 aromatic heterocycles. The maximum absolute atomic E-state index is 8.49. The van der Waals surface area contributed by atoms with Gasteiger partial charge in [-0.3, -0.25) is 0 Å². The maximum atomic E-state index is 8.49. The van der Waals surface area contributed by atoms with Gasteiger partial charge >= 0.3 is 11.3 Å². The van der Waals surface area contributed by atoms with Crippen LogP contribution in [0.5, 0.6) is 0 Å². The van der Waals surface area contributed by atoms with Crippen molar-refractivity contribution in [1.29, 1.82) is 0 Å². The minimum Gasteiger partial charge on any atom is -0.222 e. The second-order valence-electron chi connectivity index (χ2n) is 3.41. The second-order valence-corrected chi connectivity index (χ2v) is 4.17. The summed E-state index contributed by atoms with van der Waals surface area (Å²) in [6.07, 6.45) is 0. The van der Waals surface area contributed by atoms with E-state index in [1.54, 1.807) is 0 Å². The van der Waals surface area contributed by atoms with Crippen molar-refractivity contribution in [3.63, 3.8) is 0 Å². The number of hydrogen-bond acceptors (Lipinski definition) is 4. The molecular formula is C11H11ClO5. The first kappa shape index (κ1) is 13.8. The molecule has 1 aromatic carbocycles. The highest BCUT2D eigenvalue weighted by atomic mass is 35.7. The lowest BCUT2D eigenvalue weighted by Gasteiger charge is -2.17. The molecule has 0 aliphatic carbocycles. The largest absolute Gasteiger partial charge is 0.360 e. The average molecular weight is 259 g/mol. The molecule has 1 heterocycles. The van der Waals surface area contributed by atoms with E-state index in [1.165, 1.54) is 10.9 Å². The van der Waals surface area contributed by atoms with Gasteiger partial charge in [0, 0.05) is 12.1 Å². The number of rotatable bonds is 0. The molecule has 0 saturated heterocycles. The molecule has 2 rings (SSSR count). The van der Waals surface area contributed by atoms with Gasteiger partial charge in [-0.25, -0.2) is 23.1 Å². The van der Waals surface area contributed by atoms with E-state index in [4.69, 9.17) is 23.1 Å². The lowest BCUT2D eigenvalue weighted by molar-refractivity contribution is -2.00. The number of halogens is 1. The van der Waals surface area contributed by atoms with Crippen molar-refractivity contribution in [2.45, 2.75) is 13.8 Å². The monoisotopic (exact) mass is 258 g/mol. The number of fused-ring (bicyclic) bond motifs is 1. The standard InChI is InChI=1S/C11H11O.ClHO4/c1-8-7-9(2)12-11-6-4-3-5-10(8)11;2-1(3,4)5/h3-7H,1-2H3;(H,2,3,4,5)/q+1;/p-1. The summed E-state index contributed by atoms with van der Waals surface area (Å²) in [5.41, 5.74) is 2.24. The van der Waals surface area contributed by atoms with Crippen molar-refractivity contribution in [1.82, 2.24) is 0 Å². The van der Waals surface area contributed by atoms with E-state index in [0.29, 0.717) is 0 Å². The first-order valence-electron chi connectivity index (χ1n) is 4.68. The molecule has 0 spiro atoms. The van der Waals surface area contributed by atoms with Crippen molar-refractivity contribution in [2.24, 2.45) is 0 Å². The van der Waals surface area contributed by atoms with E-state index in [-0.39, 0.29) is 0 Å². The SMILES string of the molecule is Cc1cc(C)c2ccccc2[o+]1.[O-][Cl+3]([O-])([O-])[O-]. The van der Waals surface area contributed by atoms with Gasteiger partial charge in [-0.15, -0.1) is 10.2 Å². The van der Waals surface area contributed by atoms with Crippen LogP contribution in [-0.4, -0.2) is 0 Å². The van der Waals surface area contributed by atoms with Gasteiger partial charge in [0.25, 0.3) is 0 Å². The van der Waals surface area contributed by atoms with Crippen LogP contribution in [0, 0.1) is 24.1 Å². The highest BCUT2D eigenvalue weighted by Gasteiger charge is 2.09. The number of aryl methyl sites for hydroxylation is 2. The predicted octanol–water partition coefficient (Wildman–Crippen LogP) is -1.43. The van der Waals surface area contributed by atoms with Gasteiger partial charge < -0.3 is 0 Å². The molecule has 5 nitrogen and oxygen atoms in total. The van der Waals surface area contributed by atoms with Crippen molar-refractivity contribution >= 4 is 11.0 Å². The zero-order valence-electron chi connectivity index (χ0n) is 9.31. The number of hydrogen-bond donors (Lipinski definition) is 0. The molecule has 0 amide bonds. The zero-order valence-corrected chi connectivity index (χ0v) is 10.1. The Bertz CT molecular complexity index is 501. The molecule has 0 unspecified atom stereocenters. The van der Waals surface area contributed by atoms with Crippen molar-refractivity contribution in [3.05, 3.63) is 41.7 Å². The lowest BCUT2D eigenvalue weighted by Crippen LogP contribution is -2.68. The second kappa shape index (κ2) is 5.39. The lowest BCUT2D eigenvalue weighted by atomic mass is 10.1. The third kappa shape index (κ3) is 5.08. The van der Waals surface area contributed by atoms with Crippen molar-refractivity contribution in [3.8, 4) is 0 Å². The number of benzene rings is 1. The quantitative estimate of drug-likeness (QED) is 0.539. The molecular weight excluding hydrogens is 248 g/mol. The van der Waals surface area contributed by atoms with Crippen LogP contribution in [-0.2, 0) is 0 Å². The van der Waals surface area contributed by atoms with Crippen LogP contribution in [0.4, 0.5) is 0 Å². The number of para-hydroxylation sites is 1. The topological polar surface area (TPSA) is 104 Å². The first-order valence-corrected chi connectivity index (χ1v) is 5.91. The fourth-order valence-electron chi connectivity index (χ4n) is 1.47. The summed E-state index contributed by atoms with van der Waals surface area (Å²) in [7, 11) is -4.94. The van der Waals surface area contributed by atoms with Gasteiger partial charge in [0.05, 0.1) is 12.3 Å². The maximum Gasteiger partial charge on any atom is 0.360 e. The average Bonchev–Trinajstić information content (AvgIpc) is 2.14. The summed E-state index contributed by atoms with van der Waals surface area (Å²) in [6.45, 7) is 4.07. The zero-order chi connectivity index (χ0) is 13.1. The molecule has 0 bridgehead atoms. The van der Waals surface area contributed by atoms with E-state index in [2.05, 4.69) is 19.1 Å². The van der Waals surface area contributed by atoms with Crippen LogP contribution in [0.15, 0.2) is 34.7 Å². The van der Waals surface area contributed by atoms with Crippen LogP contribution in [0.1, 0.15) is 11.3 Å². The molecule has 92 valence electrons. The van der Waals surface area contributed by atoms with Gasteiger partial charge in [-0.1, -0.05) is 12.1 Å². The summed E-state index contributed by atoms with van der Waals surface area (Å²) in [5.74, 6) is 0.964. The van der Waals surface area contributed by atoms with E-state index in [0.717, 1.165) is 11.3 Å². The Morgan fingerprint density at radius 3 is 2.12 bits per heavy atom. The van der Waals surface area contributed by atoms with Crippen LogP contribution in [0.2, 0.25) is 0 Å². The highest BCUT2D eigenvalue weighted by molar-refractivity contribution is 5.79. The predicted molar refractivity (Wildman–Crippen MR) is 50.1 cm³/mol. The smallest absolute Gasteiger partial charge is 0.222 e. The minimum atomic E-state index is -4.94. The Morgan fingerprint density at radius 1 is 1.00 bits per heavy atom. The fraction of sp³-hybridized carbons (Fsp3) is 0.182. The van der Waals surface area contributed by atoms with Crippen LogP contribution < -0.4 is 18.6 Å². The van der Waals surface area contributed by atoms with Gasteiger partial charge in [-0.05, 0) is 18.6 Å². The first-order chi connectivity index (χ1) is 7.77. The van der Waals surface area contributed by atoms with Crippen LogP contribution in [0.25, 0.3) is 11.0 Å². The Kier molecular flexibility index (Phi) is 4.39. The summed E-state index contributed by atoms with van der Waals surface area (Å²) in [5, 5.41) is 1.20. The fourth-order valence-corrected chi connectivity index (χ4v) is 1.47. The van der Waals surface area contributed by atoms with Gasteiger partial charge in [0.2, 0.25) is 0 Å². The Balaban J connectivity index is 0.000000249. The molecule has 0 aliphatic heterocycles. The Hall–Kier alpha value is -1.24. The summed E-state index contributed by atoms with van der Waals surface area (Å²) in [4.78, 5) is 0. The Morgan fingerprint density at radius 2 is 1.53 bits per heavy atom. The van der Waals surface area contributed by atoms with Crippen molar-refractivity contribution in [2.75, 3.05) is 0 Å². The molecule has 17 heavy (non-hydrogen) atoms. The normalized spacial score (nSPS) is 10.9. The summed E-state index contributed by atoms with van der Waals surface area (Å²) < 4.78 is 39.5. The minimum absolute atomic E-state index is 0.964. The molecule has 6 heteroatoms. The summed E-state index contributed by atoms with van der Waals surface area (Å²) in [6, 6.07) is 10.1. The van der Waals surface area contributed by atoms with E-state index < -0.39 is 10.2 Å². The van der Waals surface area contributed by atoms with E-state index >= 15 is 0 Å². The van der Waals surface area contributed by atoms with Gasteiger partial charge in [-0.2, -0.15) is 0 Å². The third-order valence-electron chi connectivity index (χ3n) is 2.00. The molecule has 0 atom stereocenters.